The van der Waals surface area contributed by atoms with Crippen molar-refractivity contribution in [3.05, 3.63) is 34.7 Å². The molecule has 0 radical (unpaired) electrons. The number of hydrogen-bond donors (Lipinski definition) is 1. The van der Waals surface area contributed by atoms with Crippen LogP contribution in [-0.2, 0) is 25.5 Å². The molecule has 0 amide bonds. The zero-order valence-electron chi connectivity index (χ0n) is 14.5. The fourth-order valence-electron chi connectivity index (χ4n) is 2.36. The number of hydrogen-bond acceptors (Lipinski definition) is 6. The minimum absolute atomic E-state index is 0.0572. The van der Waals surface area contributed by atoms with E-state index in [4.69, 9.17) is 9.84 Å². The van der Waals surface area contributed by atoms with E-state index in [1.807, 2.05) is 11.9 Å². The summed E-state index contributed by atoms with van der Waals surface area (Å²) < 4.78 is 11.5. The van der Waals surface area contributed by atoms with Gasteiger partial charge in [-0.3, -0.25) is 0 Å². The van der Waals surface area contributed by atoms with E-state index in [2.05, 4.69) is 35.9 Å². The number of fused-ring (bicyclic) bond motifs is 1. The van der Waals surface area contributed by atoms with Crippen molar-refractivity contribution in [1.29, 1.82) is 0 Å². The minimum Gasteiger partial charge on any atom is -0.473 e. The van der Waals surface area contributed by atoms with Gasteiger partial charge in [-0.25, -0.2) is 9.59 Å². The SMILES string of the molecule is Cc1cc2cc(CCOCCN(C)CCOC(=O)C(=O)O)ccc2s1. The summed E-state index contributed by atoms with van der Waals surface area (Å²) in [6, 6.07) is 8.72. The highest BCUT2D eigenvalue weighted by atomic mass is 32.1. The minimum atomic E-state index is -1.57. The number of aliphatic carboxylic acids is 1. The Morgan fingerprint density at radius 3 is 2.68 bits per heavy atom. The van der Waals surface area contributed by atoms with Crippen LogP contribution >= 0.6 is 11.3 Å². The van der Waals surface area contributed by atoms with E-state index in [1.165, 1.54) is 20.5 Å². The van der Waals surface area contributed by atoms with Crippen LogP contribution in [0, 0.1) is 6.92 Å². The lowest BCUT2D eigenvalue weighted by Gasteiger charge is -2.16. The highest BCUT2D eigenvalue weighted by Gasteiger charge is 2.12. The van der Waals surface area contributed by atoms with Crippen LogP contribution < -0.4 is 0 Å². The molecule has 0 aliphatic rings. The fraction of sp³-hybridized carbons (Fsp3) is 0.444. The van der Waals surface area contributed by atoms with Gasteiger partial charge in [0.1, 0.15) is 6.61 Å². The average Bonchev–Trinajstić information content (AvgIpc) is 2.93. The van der Waals surface area contributed by atoms with Crippen LogP contribution in [0.2, 0.25) is 0 Å². The molecule has 1 N–H and O–H groups in total. The molecule has 0 bridgehead atoms. The van der Waals surface area contributed by atoms with E-state index < -0.39 is 11.9 Å². The number of aryl methyl sites for hydroxylation is 1. The van der Waals surface area contributed by atoms with Crippen LogP contribution in [0.15, 0.2) is 24.3 Å². The number of benzene rings is 1. The van der Waals surface area contributed by atoms with Gasteiger partial charge >= 0.3 is 11.9 Å². The maximum Gasteiger partial charge on any atom is 0.417 e. The summed E-state index contributed by atoms with van der Waals surface area (Å²) in [7, 11) is 1.87. The molecule has 2 rings (SSSR count). The lowest BCUT2D eigenvalue weighted by atomic mass is 10.1. The zero-order chi connectivity index (χ0) is 18.2. The quantitative estimate of drug-likeness (QED) is 0.418. The summed E-state index contributed by atoms with van der Waals surface area (Å²) in [4.78, 5) is 24.3. The first kappa shape index (κ1) is 19.4. The van der Waals surface area contributed by atoms with Gasteiger partial charge in [-0.15, -0.1) is 11.3 Å². The topological polar surface area (TPSA) is 76.1 Å². The van der Waals surface area contributed by atoms with Crippen molar-refractivity contribution < 1.29 is 24.2 Å². The Labute approximate surface area is 151 Å². The van der Waals surface area contributed by atoms with Gasteiger partial charge in [-0.05, 0) is 43.5 Å². The van der Waals surface area contributed by atoms with E-state index in [-0.39, 0.29) is 6.61 Å². The van der Waals surface area contributed by atoms with Gasteiger partial charge in [-0.1, -0.05) is 12.1 Å². The third-order valence-electron chi connectivity index (χ3n) is 3.74. The normalized spacial score (nSPS) is 11.2. The highest BCUT2D eigenvalue weighted by molar-refractivity contribution is 7.19. The summed E-state index contributed by atoms with van der Waals surface area (Å²) in [5.74, 6) is -2.79. The number of rotatable bonds is 9. The van der Waals surface area contributed by atoms with Crippen LogP contribution in [0.5, 0.6) is 0 Å². The van der Waals surface area contributed by atoms with E-state index in [0.717, 1.165) is 6.42 Å². The molecule has 1 aromatic heterocycles. The lowest BCUT2D eigenvalue weighted by Crippen LogP contribution is -2.29. The van der Waals surface area contributed by atoms with E-state index in [9.17, 15) is 9.59 Å². The predicted molar refractivity (Wildman–Crippen MR) is 97.2 cm³/mol. The highest BCUT2D eigenvalue weighted by Crippen LogP contribution is 2.25. The van der Waals surface area contributed by atoms with Gasteiger partial charge in [0, 0.05) is 22.7 Å². The standard InChI is InChI=1S/C18H23NO5S/c1-13-11-15-12-14(3-4-16(15)25-13)5-8-23-9-6-19(2)7-10-24-18(22)17(20)21/h3-4,11-12H,5-10H2,1-2H3,(H,20,21). The molecule has 25 heavy (non-hydrogen) atoms. The smallest absolute Gasteiger partial charge is 0.417 e. The second-order valence-electron chi connectivity index (χ2n) is 5.84. The van der Waals surface area contributed by atoms with Crippen LogP contribution in [-0.4, -0.2) is 61.9 Å². The molecular formula is C18H23NO5S. The van der Waals surface area contributed by atoms with Crippen LogP contribution in [0.3, 0.4) is 0 Å². The van der Waals surface area contributed by atoms with Crippen LogP contribution in [0.1, 0.15) is 10.4 Å². The molecule has 0 fully saturated rings. The molecule has 1 heterocycles. The van der Waals surface area contributed by atoms with Gasteiger partial charge in [-0.2, -0.15) is 0 Å². The molecule has 0 aliphatic carbocycles. The number of ether oxygens (including phenoxy) is 2. The van der Waals surface area contributed by atoms with Crippen molar-refractivity contribution in [2.75, 3.05) is 40.0 Å². The summed E-state index contributed by atoms with van der Waals surface area (Å²) in [5.41, 5.74) is 1.26. The number of esters is 1. The molecule has 7 heteroatoms. The van der Waals surface area contributed by atoms with E-state index in [0.29, 0.717) is 26.3 Å². The number of carboxylic acid groups (broad SMARTS) is 1. The zero-order valence-corrected chi connectivity index (χ0v) is 15.3. The number of likely N-dealkylation sites (N-methyl/N-ethyl adjacent to an activating group) is 1. The second-order valence-corrected chi connectivity index (χ2v) is 7.12. The molecule has 0 spiro atoms. The molecular weight excluding hydrogens is 342 g/mol. The monoisotopic (exact) mass is 365 g/mol. The Morgan fingerprint density at radius 2 is 1.92 bits per heavy atom. The van der Waals surface area contributed by atoms with Crippen molar-refractivity contribution in [2.45, 2.75) is 13.3 Å². The summed E-state index contributed by atoms with van der Waals surface area (Å²) in [6.07, 6.45) is 0.866. The third-order valence-corrected chi connectivity index (χ3v) is 4.77. The molecule has 0 unspecified atom stereocenters. The molecule has 136 valence electrons. The Morgan fingerprint density at radius 1 is 1.16 bits per heavy atom. The van der Waals surface area contributed by atoms with Crippen molar-refractivity contribution in [1.82, 2.24) is 4.90 Å². The molecule has 0 aliphatic heterocycles. The first-order chi connectivity index (χ1) is 12.0. The van der Waals surface area contributed by atoms with Crippen molar-refractivity contribution in [3.8, 4) is 0 Å². The van der Waals surface area contributed by atoms with Gasteiger partial charge < -0.3 is 19.5 Å². The van der Waals surface area contributed by atoms with Crippen molar-refractivity contribution >= 4 is 33.4 Å². The first-order valence-corrected chi connectivity index (χ1v) is 8.93. The van der Waals surface area contributed by atoms with Gasteiger partial charge in [0.2, 0.25) is 0 Å². The predicted octanol–water partition coefficient (Wildman–Crippen LogP) is 2.33. The maximum absolute atomic E-state index is 10.8. The van der Waals surface area contributed by atoms with E-state index >= 15 is 0 Å². The number of carbonyl (C=O) groups is 2. The van der Waals surface area contributed by atoms with Crippen LogP contribution in [0.4, 0.5) is 0 Å². The Balaban J connectivity index is 1.59. The molecule has 0 saturated carbocycles. The second kappa shape index (κ2) is 9.50. The third kappa shape index (κ3) is 6.45. The molecule has 0 saturated heterocycles. The number of carboxylic acids is 1. The first-order valence-electron chi connectivity index (χ1n) is 8.11. The molecule has 0 atom stereocenters. The Kier molecular flexibility index (Phi) is 7.36. The Hall–Kier alpha value is -1.96. The number of carbonyl (C=O) groups excluding carboxylic acids is 1. The number of nitrogens with zero attached hydrogens (tertiary/aromatic N) is 1. The van der Waals surface area contributed by atoms with Crippen molar-refractivity contribution in [2.24, 2.45) is 0 Å². The largest absolute Gasteiger partial charge is 0.473 e. The Bertz CT molecular complexity index is 727. The molecule has 1 aromatic carbocycles. The van der Waals surface area contributed by atoms with Crippen LogP contribution in [0.25, 0.3) is 10.1 Å². The molecule has 2 aromatic rings. The maximum atomic E-state index is 10.8. The van der Waals surface area contributed by atoms with E-state index in [1.54, 1.807) is 11.3 Å². The van der Waals surface area contributed by atoms with Gasteiger partial charge in [0.25, 0.3) is 0 Å². The summed E-state index contributed by atoms with van der Waals surface area (Å²) >= 11 is 1.81. The lowest BCUT2D eigenvalue weighted by molar-refractivity contribution is -0.164. The molecule has 6 nitrogen and oxygen atoms in total. The number of thiophene rings is 1. The van der Waals surface area contributed by atoms with Crippen molar-refractivity contribution in [3.63, 3.8) is 0 Å². The van der Waals surface area contributed by atoms with Gasteiger partial charge in [0.05, 0.1) is 13.2 Å². The van der Waals surface area contributed by atoms with Gasteiger partial charge in [0.15, 0.2) is 0 Å². The summed E-state index contributed by atoms with van der Waals surface area (Å²) in [5, 5.41) is 9.68. The average molecular weight is 365 g/mol. The summed E-state index contributed by atoms with van der Waals surface area (Å²) in [6.45, 7) is 4.55. The fourth-order valence-corrected chi connectivity index (χ4v) is 3.27.